The van der Waals surface area contributed by atoms with Crippen LogP contribution in [0.5, 0.6) is 0 Å². The van der Waals surface area contributed by atoms with Crippen molar-refractivity contribution in [1.82, 2.24) is 9.97 Å². The fourth-order valence-corrected chi connectivity index (χ4v) is 1.53. The topological polar surface area (TPSA) is 51.8 Å². The molecule has 0 bridgehead atoms. The summed E-state index contributed by atoms with van der Waals surface area (Å²) in [5.41, 5.74) is 6.51. The van der Waals surface area contributed by atoms with Gasteiger partial charge in [0, 0.05) is 30.1 Å². The van der Waals surface area contributed by atoms with Gasteiger partial charge in [0.25, 0.3) is 0 Å². The maximum atomic E-state index is 13.2. The van der Waals surface area contributed by atoms with Crippen molar-refractivity contribution in [2.75, 3.05) is 0 Å². The molecule has 2 rings (SSSR count). The van der Waals surface area contributed by atoms with E-state index in [1.807, 2.05) is 13.8 Å². The first-order valence-corrected chi connectivity index (χ1v) is 6.30. The zero-order chi connectivity index (χ0) is 16.0. The van der Waals surface area contributed by atoms with Gasteiger partial charge in [-0.15, -0.1) is 0 Å². The van der Waals surface area contributed by atoms with E-state index in [9.17, 15) is 17.6 Å². The molecule has 0 aliphatic rings. The molecule has 2 N–H and O–H groups in total. The highest BCUT2D eigenvalue weighted by Crippen LogP contribution is 2.27. The first kappa shape index (κ1) is 17.0. The highest BCUT2D eigenvalue weighted by Gasteiger charge is 2.34. The first-order chi connectivity index (χ1) is 9.91. The van der Waals surface area contributed by atoms with Gasteiger partial charge >= 0.3 is 6.18 Å². The summed E-state index contributed by atoms with van der Waals surface area (Å²) in [5, 5.41) is 0. The van der Waals surface area contributed by atoms with Gasteiger partial charge in [-0.25, -0.2) is 14.4 Å². The van der Waals surface area contributed by atoms with Gasteiger partial charge in [0.05, 0.1) is 0 Å². The lowest BCUT2D eigenvalue weighted by Crippen LogP contribution is -2.10. The number of aromatic nitrogens is 2. The van der Waals surface area contributed by atoms with Crippen LogP contribution in [-0.2, 0) is 12.7 Å². The van der Waals surface area contributed by atoms with Crippen LogP contribution in [-0.4, -0.2) is 9.97 Å². The number of halogens is 4. The molecule has 0 saturated carbocycles. The Hall–Kier alpha value is -2.02. The molecule has 7 heteroatoms. The number of nitrogens with two attached hydrogens (primary N) is 1. The zero-order valence-corrected chi connectivity index (χ0v) is 11.6. The number of nitrogens with zero attached hydrogens (tertiary/aromatic N) is 2. The monoisotopic (exact) mass is 301 g/mol. The Morgan fingerprint density at radius 3 is 2.10 bits per heavy atom. The highest BCUT2D eigenvalue weighted by molar-refractivity contribution is 5.62. The molecule has 0 unspecified atom stereocenters. The smallest absolute Gasteiger partial charge is 0.326 e. The molecule has 0 atom stereocenters. The molecule has 0 aliphatic carbocycles. The molecule has 0 aliphatic heterocycles. The van der Waals surface area contributed by atoms with E-state index in [1.165, 1.54) is 18.2 Å². The van der Waals surface area contributed by atoms with E-state index in [0.717, 1.165) is 12.4 Å². The van der Waals surface area contributed by atoms with Crippen molar-refractivity contribution in [1.29, 1.82) is 0 Å². The van der Waals surface area contributed by atoms with Crippen LogP contribution in [0.25, 0.3) is 11.1 Å². The fraction of sp³-hybridized carbons (Fsp3) is 0.286. The number of rotatable bonds is 2. The van der Waals surface area contributed by atoms with Crippen LogP contribution in [0.3, 0.4) is 0 Å². The van der Waals surface area contributed by atoms with E-state index in [0.29, 0.717) is 11.1 Å². The summed E-state index contributed by atoms with van der Waals surface area (Å²) in [6.07, 6.45) is -2.49. The van der Waals surface area contributed by atoms with Gasteiger partial charge in [-0.05, 0) is 17.7 Å². The lowest BCUT2D eigenvalue weighted by molar-refractivity contribution is -0.144. The van der Waals surface area contributed by atoms with Crippen LogP contribution in [0, 0.1) is 5.82 Å². The molecule has 0 amide bonds. The van der Waals surface area contributed by atoms with Crippen molar-refractivity contribution in [3.05, 3.63) is 47.8 Å². The SMILES string of the molecule is CC.NCc1cc(-c2cnc(C(F)(F)F)nc2)ccc1F. The highest BCUT2D eigenvalue weighted by atomic mass is 19.4. The second kappa shape index (κ2) is 7.12. The molecule has 1 aromatic carbocycles. The van der Waals surface area contributed by atoms with Crippen molar-refractivity contribution < 1.29 is 17.6 Å². The largest absolute Gasteiger partial charge is 0.451 e. The molecule has 114 valence electrons. The number of alkyl halides is 3. The van der Waals surface area contributed by atoms with Crippen molar-refractivity contribution in [2.24, 2.45) is 5.73 Å². The van der Waals surface area contributed by atoms with Crippen molar-refractivity contribution >= 4 is 0 Å². The minimum atomic E-state index is -4.58. The maximum Gasteiger partial charge on any atom is 0.451 e. The molecular weight excluding hydrogens is 286 g/mol. The van der Waals surface area contributed by atoms with E-state index >= 15 is 0 Å². The third-order valence-corrected chi connectivity index (χ3v) is 2.50. The van der Waals surface area contributed by atoms with Gasteiger partial charge in [0.15, 0.2) is 0 Å². The fourth-order valence-electron chi connectivity index (χ4n) is 1.53. The third kappa shape index (κ3) is 4.22. The Balaban J connectivity index is 0.00000106. The van der Waals surface area contributed by atoms with E-state index in [2.05, 4.69) is 9.97 Å². The molecule has 1 heterocycles. The lowest BCUT2D eigenvalue weighted by Gasteiger charge is -2.07. The van der Waals surface area contributed by atoms with E-state index in [1.54, 1.807) is 0 Å². The molecule has 0 spiro atoms. The van der Waals surface area contributed by atoms with Gasteiger partial charge in [-0.1, -0.05) is 19.9 Å². The minimum Gasteiger partial charge on any atom is -0.326 e. The van der Waals surface area contributed by atoms with Crippen LogP contribution in [0.15, 0.2) is 30.6 Å². The summed E-state index contributed by atoms with van der Waals surface area (Å²) < 4.78 is 50.2. The number of benzene rings is 1. The molecular formula is C14H15F4N3. The summed E-state index contributed by atoms with van der Waals surface area (Å²) in [7, 11) is 0. The Kier molecular flexibility index (Phi) is 5.78. The Morgan fingerprint density at radius 1 is 1.05 bits per heavy atom. The molecule has 1 aromatic heterocycles. The standard InChI is InChI=1S/C12H9F4N3.C2H6/c13-10-2-1-7(3-8(10)4-17)9-5-18-11(19-6-9)12(14,15)16;1-2/h1-3,5-6H,4,17H2;1-2H3. The third-order valence-electron chi connectivity index (χ3n) is 2.50. The van der Waals surface area contributed by atoms with E-state index in [-0.39, 0.29) is 12.1 Å². The molecule has 0 fully saturated rings. The average molecular weight is 301 g/mol. The second-order valence-electron chi connectivity index (χ2n) is 3.80. The summed E-state index contributed by atoms with van der Waals surface area (Å²) in [6.45, 7) is 4.00. The lowest BCUT2D eigenvalue weighted by atomic mass is 10.1. The molecule has 21 heavy (non-hydrogen) atoms. The second-order valence-corrected chi connectivity index (χ2v) is 3.80. The van der Waals surface area contributed by atoms with E-state index < -0.39 is 17.8 Å². The predicted molar refractivity (Wildman–Crippen MR) is 71.7 cm³/mol. The number of hydrogen-bond acceptors (Lipinski definition) is 3. The Labute approximate surface area is 119 Å². The minimum absolute atomic E-state index is 0.00116. The first-order valence-electron chi connectivity index (χ1n) is 6.30. The van der Waals surface area contributed by atoms with Gasteiger partial charge in [0.2, 0.25) is 5.82 Å². The summed E-state index contributed by atoms with van der Waals surface area (Å²) >= 11 is 0. The van der Waals surface area contributed by atoms with E-state index in [4.69, 9.17) is 5.73 Å². The Bertz CT molecular complexity index is 580. The van der Waals surface area contributed by atoms with Gasteiger partial charge < -0.3 is 5.73 Å². The van der Waals surface area contributed by atoms with Crippen LogP contribution < -0.4 is 5.73 Å². The van der Waals surface area contributed by atoms with Crippen molar-refractivity contribution in [3.8, 4) is 11.1 Å². The van der Waals surface area contributed by atoms with Gasteiger partial charge in [0.1, 0.15) is 5.82 Å². The normalized spacial score (nSPS) is 10.8. The number of hydrogen-bond donors (Lipinski definition) is 1. The summed E-state index contributed by atoms with van der Waals surface area (Å²) in [5.74, 6) is -1.67. The zero-order valence-electron chi connectivity index (χ0n) is 11.6. The molecule has 0 radical (unpaired) electrons. The van der Waals surface area contributed by atoms with Crippen LogP contribution in [0.1, 0.15) is 25.2 Å². The molecule has 2 aromatic rings. The van der Waals surface area contributed by atoms with Crippen LogP contribution in [0.2, 0.25) is 0 Å². The van der Waals surface area contributed by atoms with Crippen LogP contribution in [0.4, 0.5) is 17.6 Å². The quantitative estimate of drug-likeness (QED) is 0.859. The van der Waals surface area contributed by atoms with Crippen molar-refractivity contribution in [2.45, 2.75) is 26.6 Å². The maximum absolute atomic E-state index is 13.2. The Morgan fingerprint density at radius 2 is 1.62 bits per heavy atom. The predicted octanol–water partition coefficient (Wildman–Crippen LogP) is 3.79. The van der Waals surface area contributed by atoms with Gasteiger partial charge in [-0.3, -0.25) is 0 Å². The average Bonchev–Trinajstić information content (AvgIpc) is 2.49. The summed E-state index contributed by atoms with van der Waals surface area (Å²) in [6, 6.07) is 4.09. The van der Waals surface area contributed by atoms with Crippen molar-refractivity contribution in [3.63, 3.8) is 0 Å². The summed E-state index contributed by atoms with van der Waals surface area (Å²) in [4.78, 5) is 6.49. The molecule has 3 nitrogen and oxygen atoms in total. The van der Waals surface area contributed by atoms with Gasteiger partial charge in [-0.2, -0.15) is 13.2 Å². The van der Waals surface area contributed by atoms with Crippen LogP contribution >= 0.6 is 0 Å². The molecule has 0 saturated heterocycles.